The number of hydrogen-bond donors (Lipinski definition) is 2. The number of ether oxygens (including phenoxy) is 1. The molecule has 0 unspecified atom stereocenters. The SMILES string of the molecule is CCCNC(=O)c1cnc(Nc2ccccc2C(=O)OCC)nc1. The van der Waals surface area contributed by atoms with Gasteiger partial charge >= 0.3 is 5.97 Å². The number of benzene rings is 1. The molecule has 0 aliphatic rings. The smallest absolute Gasteiger partial charge is 0.340 e. The van der Waals surface area contributed by atoms with Gasteiger partial charge in [-0.15, -0.1) is 0 Å². The number of nitrogens with one attached hydrogen (secondary N) is 2. The zero-order valence-corrected chi connectivity index (χ0v) is 13.7. The van der Waals surface area contributed by atoms with Gasteiger partial charge in [0.25, 0.3) is 5.91 Å². The molecule has 0 aliphatic carbocycles. The van der Waals surface area contributed by atoms with E-state index < -0.39 is 5.97 Å². The molecular formula is C17H20N4O3. The van der Waals surface area contributed by atoms with E-state index in [2.05, 4.69) is 20.6 Å². The van der Waals surface area contributed by atoms with Crippen molar-refractivity contribution in [3.05, 3.63) is 47.8 Å². The van der Waals surface area contributed by atoms with Crippen LogP contribution in [0.2, 0.25) is 0 Å². The largest absolute Gasteiger partial charge is 0.462 e. The van der Waals surface area contributed by atoms with Crippen molar-refractivity contribution in [2.45, 2.75) is 20.3 Å². The molecule has 1 amide bonds. The predicted octanol–water partition coefficient (Wildman–Crippen LogP) is 2.54. The Kier molecular flexibility index (Phi) is 6.24. The number of carbonyl (C=O) groups is 2. The maximum absolute atomic E-state index is 11.9. The van der Waals surface area contributed by atoms with Gasteiger partial charge in [-0.25, -0.2) is 14.8 Å². The Bertz CT molecular complexity index is 701. The lowest BCUT2D eigenvalue weighted by molar-refractivity contribution is 0.0527. The third-order valence-corrected chi connectivity index (χ3v) is 3.12. The van der Waals surface area contributed by atoms with Crippen molar-refractivity contribution in [2.24, 2.45) is 0 Å². The van der Waals surface area contributed by atoms with E-state index in [1.54, 1.807) is 31.2 Å². The van der Waals surface area contributed by atoms with Gasteiger partial charge in [0, 0.05) is 18.9 Å². The van der Waals surface area contributed by atoms with E-state index in [0.717, 1.165) is 6.42 Å². The van der Waals surface area contributed by atoms with Gasteiger partial charge in [-0.05, 0) is 25.5 Å². The van der Waals surface area contributed by atoms with Crippen LogP contribution in [-0.2, 0) is 4.74 Å². The summed E-state index contributed by atoms with van der Waals surface area (Å²) in [6, 6.07) is 6.93. The Labute approximate surface area is 140 Å². The molecule has 126 valence electrons. The highest BCUT2D eigenvalue weighted by atomic mass is 16.5. The van der Waals surface area contributed by atoms with Crippen LogP contribution in [0, 0.1) is 0 Å². The van der Waals surface area contributed by atoms with E-state index in [-0.39, 0.29) is 5.91 Å². The van der Waals surface area contributed by atoms with Crippen LogP contribution in [0.5, 0.6) is 0 Å². The first-order chi connectivity index (χ1) is 11.7. The van der Waals surface area contributed by atoms with Crippen molar-refractivity contribution >= 4 is 23.5 Å². The number of hydrogen-bond acceptors (Lipinski definition) is 6. The molecule has 2 aromatic rings. The number of aromatic nitrogens is 2. The number of esters is 1. The van der Waals surface area contributed by atoms with Crippen molar-refractivity contribution in [3.8, 4) is 0 Å². The van der Waals surface area contributed by atoms with Crippen LogP contribution in [0.1, 0.15) is 41.0 Å². The van der Waals surface area contributed by atoms with Crippen LogP contribution in [0.4, 0.5) is 11.6 Å². The number of anilines is 2. The van der Waals surface area contributed by atoms with Crippen LogP contribution in [0.15, 0.2) is 36.7 Å². The number of carbonyl (C=O) groups excluding carboxylic acids is 2. The Morgan fingerprint density at radius 2 is 1.83 bits per heavy atom. The van der Waals surface area contributed by atoms with E-state index in [1.807, 2.05) is 6.92 Å². The molecule has 0 spiro atoms. The molecule has 0 saturated carbocycles. The second-order valence-corrected chi connectivity index (χ2v) is 4.94. The summed E-state index contributed by atoms with van der Waals surface area (Å²) < 4.78 is 5.02. The van der Waals surface area contributed by atoms with Gasteiger partial charge in [-0.3, -0.25) is 4.79 Å². The summed E-state index contributed by atoms with van der Waals surface area (Å²) in [5.41, 5.74) is 1.32. The number of para-hydroxylation sites is 1. The molecule has 2 N–H and O–H groups in total. The second kappa shape index (κ2) is 8.61. The van der Waals surface area contributed by atoms with E-state index in [1.165, 1.54) is 12.4 Å². The zero-order valence-electron chi connectivity index (χ0n) is 13.7. The van der Waals surface area contributed by atoms with Crippen LogP contribution in [0.3, 0.4) is 0 Å². The summed E-state index contributed by atoms with van der Waals surface area (Å²) in [6.07, 6.45) is 3.73. The lowest BCUT2D eigenvalue weighted by Gasteiger charge is -2.10. The molecule has 7 nitrogen and oxygen atoms in total. The molecule has 0 fully saturated rings. The first-order valence-electron chi connectivity index (χ1n) is 7.79. The van der Waals surface area contributed by atoms with Crippen molar-refractivity contribution in [1.82, 2.24) is 15.3 Å². The summed E-state index contributed by atoms with van der Waals surface area (Å²) in [7, 11) is 0. The van der Waals surface area contributed by atoms with Crippen molar-refractivity contribution < 1.29 is 14.3 Å². The molecule has 2 rings (SSSR count). The molecule has 7 heteroatoms. The van der Waals surface area contributed by atoms with Crippen LogP contribution in [-0.4, -0.2) is 35.0 Å². The molecule has 0 radical (unpaired) electrons. The van der Waals surface area contributed by atoms with Crippen LogP contribution in [0.25, 0.3) is 0 Å². The third-order valence-electron chi connectivity index (χ3n) is 3.12. The van der Waals surface area contributed by atoms with Gasteiger partial charge in [0.2, 0.25) is 5.95 Å². The van der Waals surface area contributed by atoms with Crippen LogP contribution < -0.4 is 10.6 Å². The topological polar surface area (TPSA) is 93.2 Å². The van der Waals surface area contributed by atoms with Gasteiger partial charge in [0.15, 0.2) is 0 Å². The summed E-state index contributed by atoms with van der Waals surface area (Å²) in [5.74, 6) is -0.342. The van der Waals surface area contributed by atoms with Crippen molar-refractivity contribution in [3.63, 3.8) is 0 Å². The van der Waals surface area contributed by atoms with E-state index in [9.17, 15) is 9.59 Å². The minimum atomic E-state index is -0.420. The highest BCUT2D eigenvalue weighted by Crippen LogP contribution is 2.19. The second-order valence-electron chi connectivity index (χ2n) is 4.94. The van der Waals surface area contributed by atoms with E-state index in [4.69, 9.17) is 4.74 Å². The average molecular weight is 328 g/mol. The fourth-order valence-corrected chi connectivity index (χ4v) is 1.95. The highest BCUT2D eigenvalue weighted by Gasteiger charge is 2.13. The maximum Gasteiger partial charge on any atom is 0.340 e. The zero-order chi connectivity index (χ0) is 17.4. The number of amides is 1. The van der Waals surface area contributed by atoms with Crippen molar-refractivity contribution in [1.29, 1.82) is 0 Å². The number of rotatable bonds is 7. The monoisotopic (exact) mass is 328 g/mol. The summed E-state index contributed by atoms with van der Waals surface area (Å²) in [5, 5.41) is 5.72. The Balaban J connectivity index is 2.12. The van der Waals surface area contributed by atoms with Crippen molar-refractivity contribution in [2.75, 3.05) is 18.5 Å². The maximum atomic E-state index is 11.9. The normalized spacial score (nSPS) is 10.1. The molecule has 0 saturated heterocycles. The number of nitrogens with zero attached hydrogens (tertiary/aromatic N) is 2. The first-order valence-corrected chi connectivity index (χ1v) is 7.79. The Morgan fingerprint density at radius 3 is 2.50 bits per heavy atom. The molecule has 1 heterocycles. The minimum absolute atomic E-state index is 0.213. The Hall–Kier alpha value is -2.96. The summed E-state index contributed by atoms with van der Waals surface area (Å²) in [6.45, 7) is 4.63. The fraction of sp³-hybridized carbons (Fsp3) is 0.294. The van der Waals surface area contributed by atoms with Gasteiger partial charge in [-0.2, -0.15) is 0 Å². The van der Waals surface area contributed by atoms with Gasteiger partial charge in [0.05, 0.1) is 23.4 Å². The molecule has 0 aliphatic heterocycles. The van der Waals surface area contributed by atoms with Gasteiger partial charge in [-0.1, -0.05) is 19.1 Å². The molecule has 1 aromatic carbocycles. The molecule has 24 heavy (non-hydrogen) atoms. The molecule has 0 atom stereocenters. The van der Waals surface area contributed by atoms with Gasteiger partial charge < -0.3 is 15.4 Å². The third kappa shape index (κ3) is 4.52. The lowest BCUT2D eigenvalue weighted by Crippen LogP contribution is -2.24. The minimum Gasteiger partial charge on any atom is -0.462 e. The lowest BCUT2D eigenvalue weighted by atomic mass is 10.2. The predicted molar refractivity (Wildman–Crippen MR) is 90.3 cm³/mol. The fourth-order valence-electron chi connectivity index (χ4n) is 1.95. The highest BCUT2D eigenvalue weighted by molar-refractivity contribution is 5.96. The molecular weight excluding hydrogens is 308 g/mol. The van der Waals surface area contributed by atoms with Gasteiger partial charge in [0.1, 0.15) is 0 Å². The Morgan fingerprint density at radius 1 is 1.12 bits per heavy atom. The van der Waals surface area contributed by atoms with E-state index >= 15 is 0 Å². The summed E-state index contributed by atoms with van der Waals surface area (Å²) in [4.78, 5) is 32.0. The average Bonchev–Trinajstić information content (AvgIpc) is 2.61. The quantitative estimate of drug-likeness (QED) is 0.759. The molecule has 1 aromatic heterocycles. The standard InChI is InChI=1S/C17H20N4O3/c1-3-9-18-15(22)12-10-19-17(20-11-12)21-14-8-6-5-7-13(14)16(23)24-4-2/h5-8,10-11H,3-4,9H2,1-2H3,(H,18,22)(H,19,20,21). The van der Waals surface area contributed by atoms with Crippen LogP contribution >= 0.6 is 0 Å². The summed E-state index contributed by atoms with van der Waals surface area (Å²) >= 11 is 0. The molecule has 0 bridgehead atoms. The first kappa shape index (κ1) is 17.4. The van der Waals surface area contributed by atoms with E-state index in [0.29, 0.717) is 35.9 Å².